The van der Waals surface area contributed by atoms with E-state index in [-0.39, 0.29) is 47.6 Å². The lowest BCUT2D eigenvalue weighted by molar-refractivity contribution is -0.128. The quantitative estimate of drug-likeness (QED) is 0.250. The van der Waals surface area contributed by atoms with Crippen molar-refractivity contribution in [3.63, 3.8) is 0 Å². The molecule has 1 fully saturated rings. The Labute approximate surface area is 213 Å². The third-order valence-corrected chi connectivity index (χ3v) is 7.14. The van der Waals surface area contributed by atoms with Crippen LogP contribution < -0.4 is 20.1 Å². The topological polar surface area (TPSA) is 129 Å². The zero-order valence-corrected chi connectivity index (χ0v) is 21.6. The van der Waals surface area contributed by atoms with Crippen LogP contribution in [0.5, 0.6) is 5.75 Å². The molecule has 2 aromatic rings. The Hall–Kier alpha value is -2.72. The van der Waals surface area contributed by atoms with E-state index in [2.05, 4.69) is 20.3 Å². The van der Waals surface area contributed by atoms with Gasteiger partial charge in [-0.1, -0.05) is 19.9 Å². The number of amides is 3. The van der Waals surface area contributed by atoms with Crippen LogP contribution in [0.3, 0.4) is 0 Å². The van der Waals surface area contributed by atoms with Gasteiger partial charge >= 0.3 is 0 Å². The van der Waals surface area contributed by atoms with Crippen LogP contribution in [0, 0.1) is 11.8 Å². The van der Waals surface area contributed by atoms with E-state index in [1.165, 1.54) is 0 Å². The molecule has 3 amide bonds. The zero-order chi connectivity index (χ0) is 25.5. The molecule has 3 atom stereocenters. The van der Waals surface area contributed by atoms with E-state index in [0.29, 0.717) is 30.8 Å². The van der Waals surface area contributed by atoms with Crippen molar-refractivity contribution in [2.24, 2.45) is 11.8 Å². The third-order valence-electron chi connectivity index (χ3n) is 5.88. The number of aromatic nitrogens is 1. The number of carbonyl (C=O) groups is 4. The van der Waals surface area contributed by atoms with Crippen LogP contribution in [0.1, 0.15) is 43.6 Å². The smallest absolute Gasteiger partial charge is 0.277 e. The van der Waals surface area contributed by atoms with Crippen molar-refractivity contribution in [1.29, 1.82) is 0 Å². The van der Waals surface area contributed by atoms with Gasteiger partial charge < -0.3 is 20.4 Å². The summed E-state index contributed by atoms with van der Waals surface area (Å²) in [6.45, 7) is 4.49. The average Bonchev–Trinajstić information content (AvgIpc) is 3.46. The van der Waals surface area contributed by atoms with Gasteiger partial charge in [0.2, 0.25) is 11.8 Å². The van der Waals surface area contributed by atoms with Crippen molar-refractivity contribution in [3.8, 4) is 5.75 Å². The molecule has 1 aliphatic heterocycles. The number of fused-ring (bicyclic) bond motifs is 1. The SMILES string of the molecule is COc1cccc2[nH]c(C(=O)NS[C@@H](CC(C)C)C(=O)N[C@@H](C[C@@H]3CCNC3=O)C(=O)CCl)cc12. The summed E-state index contributed by atoms with van der Waals surface area (Å²) in [5, 5.41) is 5.65. The zero-order valence-electron chi connectivity index (χ0n) is 20.0. The fourth-order valence-electron chi connectivity index (χ4n) is 4.03. The lowest BCUT2D eigenvalue weighted by Gasteiger charge is -2.23. The third kappa shape index (κ3) is 6.91. The maximum atomic E-state index is 13.1. The number of methoxy groups -OCH3 is 1. The number of H-pyrrole nitrogens is 1. The summed E-state index contributed by atoms with van der Waals surface area (Å²) in [5.41, 5.74) is 1.09. The van der Waals surface area contributed by atoms with Crippen LogP contribution in [0.15, 0.2) is 24.3 Å². The lowest BCUT2D eigenvalue weighted by atomic mass is 9.96. The number of benzene rings is 1. The minimum absolute atomic E-state index is 0.123. The Balaban J connectivity index is 1.68. The highest BCUT2D eigenvalue weighted by atomic mass is 35.5. The molecule has 1 aromatic carbocycles. The van der Waals surface area contributed by atoms with Gasteiger partial charge in [0.25, 0.3) is 5.91 Å². The van der Waals surface area contributed by atoms with Gasteiger partial charge in [0.15, 0.2) is 5.78 Å². The molecule has 3 rings (SSSR count). The highest BCUT2D eigenvalue weighted by molar-refractivity contribution is 7.99. The molecule has 11 heteroatoms. The molecule has 0 bridgehead atoms. The number of alkyl halides is 1. The van der Waals surface area contributed by atoms with Crippen LogP contribution in [0.25, 0.3) is 10.9 Å². The molecule has 0 unspecified atom stereocenters. The largest absolute Gasteiger partial charge is 0.496 e. The summed E-state index contributed by atoms with van der Waals surface area (Å²) in [6.07, 6.45) is 1.28. The van der Waals surface area contributed by atoms with E-state index in [9.17, 15) is 19.2 Å². The molecule has 9 nitrogen and oxygen atoms in total. The number of ketones is 1. The molecule has 1 aliphatic rings. The van der Waals surface area contributed by atoms with E-state index in [1.807, 2.05) is 32.0 Å². The number of hydrogen-bond acceptors (Lipinski definition) is 6. The molecule has 0 saturated carbocycles. The van der Waals surface area contributed by atoms with Crippen LogP contribution in [0.4, 0.5) is 0 Å². The van der Waals surface area contributed by atoms with Crippen molar-refractivity contribution < 1.29 is 23.9 Å². The number of ether oxygens (including phenoxy) is 1. The minimum atomic E-state index is -0.860. The minimum Gasteiger partial charge on any atom is -0.496 e. The first-order chi connectivity index (χ1) is 16.7. The highest BCUT2D eigenvalue weighted by Gasteiger charge is 2.33. The number of rotatable bonds is 12. The average molecular weight is 523 g/mol. The molecule has 1 aromatic heterocycles. The molecular formula is C24H31ClN4O5S. The van der Waals surface area contributed by atoms with E-state index in [0.717, 1.165) is 22.9 Å². The molecule has 0 spiro atoms. The number of halogens is 1. The summed E-state index contributed by atoms with van der Waals surface area (Å²) < 4.78 is 8.09. The Kier molecular flexibility index (Phi) is 9.45. The maximum Gasteiger partial charge on any atom is 0.277 e. The first-order valence-electron chi connectivity index (χ1n) is 11.5. The van der Waals surface area contributed by atoms with Crippen molar-refractivity contribution in [2.45, 2.75) is 44.4 Å². The summed E-state index contributed by atoms with van der Waals surface area (Å²) in [5.74, 6) is -1.03. The van der Waals surface area contributed by atoms with Crippen molar-refractivity contribution in [2.75, 3.05) is 19.5 Å². The molecule has 0 radical (unpaired) electrons. The maximum absolute atomic E-state index is 13.1. The Morgan fingerprint density at radius 3 is 2.69 bits per heavy atom. The van der Waals surface area contributed by atoms with Crippen molar-refractivity contribution in [1.82, 2.24) is 20.3 Å². The summed E-state index contributed by atoms with van der Waals surface area (Å²) in [6, 6.07) is 6.31. The molecule has 1 saturated heterocycles. The summed E-state index contributed by atoms with van der Waals surface area (Å²) in [7, 11) is 1.56. The Morgan fingerprint density at radius 1 is 1.29 bits per heavy atom. The Morgan fingerprint density at radius 2 is 2.06 bits per heavy atom. The van der Waals surface area contributed by atoms with Crippen molar-refractivity contribution in [3.05, 3.63) is 30.0 Å². The van der Waals surface area contributed by atoms with Gasteiger partial charge in [-0.25, -0.2) is 0 Å². The summed E-state index contributed by atoms with van der Waals surface area (Å²) in [4.78, 5) is 53.4. The van der Waals surface area contributed by atoms with Gasteiger partial charge in [0, 0.05) is 23.4 Å². The standard InChI is InChI=1S/C24H31ClN4O5S/c1-13(2)9-21(24(33)28-17(19(30)12-25)10-14-7-8-26-22(14)31)35-29-23(32)18-11-15-16(27-18)5-4-6-20(15)34-3/h4-6,11,13-14,17,21,27H,7-10,12H2,1-3H3,(H,26,31)(H,28,33)(H,29,32)/t14-,17-,21-/m0/s1. The normalized spacial score (nSPS) is 17.2. The van der Waals surface area contributed by atoms with E-state index in [4.69, 9.17) is 16.3 Å². The van der Waals surface area contributed by atoms with Crippen LogP contribution in [-0.4, -0.2) is 59.3 Å². The fraction of sp³-hybridized carbons (Fsp3) is 0.500. The highest BCUT2D eigenvalue weighted by Crippen LogP contribution is 2.26. The van der Waals surface area contributed by atoms with Crippen LogP contribution >= 0.6 is 23.5 Å². The lowest BCUT2D eigenvalue weighted by Crippen LogP contribution is -2.47. The fourth-order valence-corrected chi connectivity index (χ4v) is 5.23. The van der Waals surface area contributed by atoms with Crippen LogP contribution in [0.2, 0.25) is 0 Å². The second-order valence-electron chi connectivity index (χ2n) is 8.95. The van der Waals surface area contributed by atoms with E-state index >= 15 is 0 Å². The van der Waals surface area contributed by atoms with Gasteiger partial charge in [-0.2, -0.15) is 0 Å². The molecule has 2 heterocycles. The second kappa shape index (κ2) is 12.3. The predicted octanol–water partition coefficient (Wildman–Crippen LogP) is 2.79. The van der Waals surface area contributed by atoms with Gasteiger partial charge in [-0.15, -0.1) is 11.6 Å². The van der Waals surface area contributed by atoms with Gasteiger partial charge in [-0.05, 0) is 55.3 Å². The first-order valence-corrected chi connectivity index (χ1v) is 12.9. The number of Topliss-reactive ketones (excluding diaryl/α,β-unsaturated/α-hetero) is 1. The van der Waals surface area contributed by atoms with Gasteiger partial charge in [-0.3, -0.25) is 23.9 Å². The van der Waals surface area contributed by atoms with Gasteiger partial charge in [0.05, 0.1) is 19.0 Å². The number of carbonyl (C=O) groups excluding carboxylic acids is 4. The molecule has 190 valence electrons. The second-order valence-corrected chi connectivity index (χ2v) is 10.2. The number of aromatic amines is 1. The molecule has 4 N–H and O–H groups in total. The number of nitrogens with one attached hydrogen (secondary N) is 4. The first kappa shape index (κ1) is 26.9. The molecule has 35 heavy (non-hydrogen) atoms. The monoisotopic (exact) mass is 522 g/mol. The van der Waals surface area contributed by atoms with Crippen molar-refractivity contribution >= 4 is 58.0 Å². The van der Waals surface area contributed by atoms with Crippen LogP contribution in [-0.2, 0) is 14.4 Å². The van der Waals surface area contributed by atoms with Gasteiger partial charge in [0.1, 0.15) is 16.7 Å². The van der Waals surface area contributed by atoms with E-state index in [1.54, 1.807) is 13.2 Å². The molecule has 0 aliphatic carbocycles. The predicted molar refractivity (Wildman–Crippen MR) is 137 cm³/mol. The summed E-state index contributed by atoms with van der Waals surface area (Å²) >= 11 is 6.76. The number of hydrogen-bond donors (Lipinski definition) is 4. The van der Waals surface area contributed by atoms with E-state index < -0.39 is 11.3 Å². The Bertz CT molecular complexity index is 1090. The molecular weight excluding hydrogens is 492 g/mol.